The maximum Gasteiger partial charge on any atom is 0.111 e. The molecule has 0 spiro atoms. The van der Waals surface area contributed by atoms with Crippen LogP contribution in [0.1, 0.15) is 42.1 Å². The maximum absolute atomic E-state index is 4.82. The number of aryl methyl sites for hydroxylation is 2. The summed E-state index contributed by atoms with van der Waals surface area (Å²) in [7, 11) is 0. The number of imidazole rings is 1. The summed E-state index contributed by atoms with van der Waals surface area (Å²) < 4.78 is 0. The lowest BCUT2D eigenvalue weighted by Crippen LogP contribution is -2.22. The van der Waals surface area contributed by atoms with E-state index in [2.05, 4.69) is 36.3 Å². The Hall–Kier alpha value is -1.35. The van der Waals surface area contributed by atoms with Gasteiger partial charge in [0.25, 0.3) is 0 Å². The van der Waals surface area contributed by atoms with E-state index in [-0.39, 0.29) is 0 Å². The van der Waals surface area contributed by atoms with Crippen molar-refractivity contribution in [1.82, 2.24) is 15.3 Å². The quantitative estimate of drug-likeness (QED) is 0.806. The Morgan fingerprint density at radius 2 is 2.00 bits per heavy atom. The van der Waals surface area contributed by atoms with Gasteiger partial charge in [0.2, 0.25) is 0 Å². The molecule has 2 aromatic rings. The molecule has 18 heavy (non-hydrogen) atoms. The second-order valence-electron chi connectivity index (χ2n) is 5.97. The van der Waals surface area contributed by atoms with Crippen molar-refractivity contribution in [2.24, 2.45) is 0 Å². The number of rotatable bonds is 1. The molecule has 3 nitrogen and oxygen atoms in total. The van der Waals surface area contributed by atoms with Gasteiger partial charge >= 0.3 is 0 Å². The van der Waals surface area contributed by atoms with Crippen molar-refractivity contribution in [3.8, 4) is 0 Å². The number of hydrogen-bond donors (Lipinski definition) is 2. The molecule has 3 heteroatoms. The SMILES string of the molecule is Cc1cc2nc(C3CC4CCC3N4)[nH]c2cc1C. The van der Waals surface area contributed by atoms with E-state index in [1.54, 1.807) is 0 Å². The molecule has 2 saturated heterocycles. The van der Waals surface area contributed by atoms with Gasteiger partial charge in [-0.15, -0.1) is 0 Å². The zero-order valence-electron chi connectivity index (χ0n) is 11.0. The number of benzene rings is 1. The van der Waals surface area contributed by atoms with Gasteiger partial charge in [-0.05, 0) is 56.4 Å². The summed E-state index contributed by atoms with van der Waals surface area (Å²) in [5.74, 6) is 1.78. The molecule has 2 fully saturated rings. The van der Waals surface area contributed by atoms with E-state index in [4.69, 9.17) is 4.98 Å². The Balaban J connectivity index is 1.77. The van der Waals surface area contributed by atoms with Crippen LogP contribution in [0.2, 0.25) is 0 Å². The summed E-state index contributed by atoms with van der Waals surface area (Å²) in [5, 5.41) is 3.68. The van der Waals surface area contributed by atoms with Crippen LogP contribution >= 0.6 is 0 Å². The minimum absolute atomic E-state index is 0.594. The number of nitrogens with zero attached hydrogens (tertiary/aromatic N) is 1. The van der Waals surface area contributed by atoms with Gasteiger partial charge in [-0.1, -0.05) is 0 Å². The van der Waals surface area contributed by atoms with E-state index in [1.165, 1.54) is 41.7 Å². The number of nitrogens with one attached hydrogen (secondary N) is 2. The van der Waals surface area contributed by atoms with Crippen LogP contribution in [-0.2, 0) is 0 Å². The van der Waals surface area contributed by atoms with Crippen molar-refractivity contribution in [3.63, 3.8) is 0 Å². The number of H-pyrrole nitrogens is 1. The molecule has 1 aromatic carbocycles. The van der Waals surface area contributed by atoms with Crippen molar-refractivity contribution in [3.05, 3.63) is 29.1 Å². The van der Waals surface area contributed by atoms with Crippen LogP contribution in [-0.4, -0.2) is 22.1 Å². The van der Waals surface area contributed by atoms with Gasteiger partial charge in [-0.2, -0.15) is 0 Å². The fourth-order valence-corrected chi connectivity index (χ4v) is 3.59. The lowest BCUT2D eigenvalue weighted by Gasteiger charge is -2.17. The number of aromatic nitrogens is 2. The smallest absolute Gasteiger partial charge is 0.111 e. The van der Waals surface area contributed by atoms with Crippen molar-refractivity contribution in [2.75, 3.05) is 0 Å². The van der Waals surface area contributed by atoms with Gasteiger partial charge in [0.15, 0.2) is 0 Å². The van der Waals surface area contributed by atoms with E-state index >= 15 is 0 Å². The predicted molar refractivity (Wildman–Crippen MR) is 72.9 cm³/mol. The fourth-order valence-electron chi connectivity index (χ4n) is 3.59. The minimum Gasteiger partial charge on any atom is -0.342 e. The molecule has 94 valence electrons. The molecule has 0 radical (unpaired) electrons. The van der Waals surface area contributed by atoms with Crippen molar-refractivity contribution < 1.29 is 0 Å². The molecular formula is C15H19N3. The van der Waals surface area contributed by atoms with E-state index in [1.807, 2.05) is 0 Å². The largest absolute Gasteiger partial charge is 0.342 e. The second kappa shape index (κ2) is 3.58. The minimum atomic E-state index is 0.594. The molecule has 2 aliphatic rings. The third-order valence-corrected chi connectivity index (χ3v) is 4.77. The Morgan fingerprint density at radius 1 is 1.17 bits per heavy atom. The van der Waals surface area contributed by atoms with Crippen LogP contribution in [0, 0.1) is 13.8 Å². The highest BCUT2D eigenvalue weighted by Crippen LogP contribution is 2.39. The van der Waals surface area contributed by atoms with E-state index in [0.29, 0.717) is 12.0 Å². The molecule has 0 aliphatic carbocycles. The van der Waals surface area contributed by atoms with Crippen LogP contribution in [0.3, 0.4) is 0 Å². The van der Waals surface area contributed by atoms with Crippen molar-refractivity contribution in [2.45, 2.75) is 51.1 Å². The molecule has 1 aromatic heterocycles. The topological polar surface area (TPSA) is 40.7 Å². The number of hydrogen-bond acceptors (Lipinski definition) is 2. The highest BCUT2D eigenvalue weighted by Gasteiger charge is 2.41. The van der Waals surface area contributed by atoms with Gasteiger partial charge in [0, 0.05) is 18.0 Å². The molecule has 3 unspecified atom stereocenters. The zero-order valence-corrected chi connectivity index (χ0v) is 11.0. The molecule has 2 aliphatic heterocycles. The van der Waals surface area contributed by atoms with E-state index in [9.17, 15) is 0 Å². The van der Waals surface area contributed by atoms with Crippen LogP contribution in [0.4, 0.5) is 0 Å². The Morgan fingerprint density at radius 3 is 2.72 bits per heavy atom. The fraction of sp³-hybridized carbons (Fsp3) is 0.533. The van der Waals surface area contributed by atoms with Crippen LogP contribution in [0.25, 0.3) is 11.0 Å². The molecule has 2 N–H and O–H groups in total. The molecule has 2 bridgehead atoms. The molecule has 3 heterocycles. The van der Waals surface area contributed by atoms with Crippen LogP contribution in [0.15, 0.2) is 12.1 Å². The first-order valence-corrected chi connectivity index (χ1v) is 6.93. The first kappa shape index (κ1) is 10.6. The molecule has 4 rings (SSSR count). The Kier molecular flexibility index (Phi) is 2.10. The van der Waals surface area contributed by atoms with Crippen molar-refractivity contribution in [1.29, 1.82) is 0 Å². The Bertz CT molecular complexity index is 574. The molecular weight excluding hydrogens is 222 g/mol. The first-order chi connectivity index (χ1) is 8.70. The van der Waals surface area contributed by atoms with Gasteiger partial charge < -0.3 is 10.3 Å². The standard InChI is InChI=1S/C15H19N3/c1-8-5-13-14(6-9(8)2)18-15(17-13)11-7-10-3-4-12(11)16-10/h5-6,10-12,16H,3-4,7H2,1-2H3,(H,17,18). The monoisotopic (exact) mass is 241 g/mol. The van der Waals surface area contributed by atoms with Crippen LogP contribution < -0.4 is 5.32 Å². The highest BCUT2D eigenvalue weighted by molar-refractivity contribution is 5.77. The third-order valence-electron chi connectivity index (χ3n) is 4.77. The average molecular weight is 241 g/mol. The summed E-state index contributed by atoms with van der Waals surface area (Å²) in [6, 6.07) is 5.81. The van der Waals surface area contributed by atoms with Crippen molar-refractivity contribution >= 4 is 11.0 Å². The summed E-state index contributed by atoms with van der Waals surface area (Å²) >= 11 is 0. The highest BCUT2D eigenvalue weighted by atomic mass is 15.1. The average Bonchev–Trinajstić information content (AvgIpc) is 3.02. The first-order valence-electron chi connectivity index (χ1n) is 6.93. The summed E-state index contributed by atoms with van der Waals surface area (Å²) in [4.78, 5) is 8.36. The van der Waals surface area contributed by atoms with Crippen LogP contribution in [0.5, 0.6) is 0 Å². The lowest BCUT2D eigenvalue weighted by molar-refractivity contribution is 0.491. The zero-order chi connectivity index (χ0) is 12.3. The number of aromatic amines is 1. The molecule has 3 atom stereocenters. The summed E-state index contributed by atoms with van der Waals surface area (Å²) in [6.45, 7) is 4.32. The third kappa shape index (κ3) is 1.43. The van der Waals surface area contributed by atoms with Gasteiger partial charge in [-0.25, -0.2) is 4.98 Å². The Labute approximate surface area is 107 Å². The molecule has 0 saturated carbocycles. The lowest BCUT2D eigenvalue weighted by atomic mass is 9.89. The van der Waals surface area contributed by atoms with Gasteiger partial charge in [0.05, 0.1) is 11.0 Å². The molecule has 0 amide bonds. The second-order valence-corrected chi connectivity index (χ2v) is 5.97. The number of fused-ring (bicyclic) bond motifs is 3. The maximum atomic E-state index is 4.82. The van der Waals surface area contributed by atoms with Gasteiger partial charge in [0.1, 0.15) is 5.82 Å². The van der Waals surface area contributed by atoms with E-state index < -0.39 is 0 Å². The summed E-state index contributed by atoms with van der Waals surface area (Å²) in [6.07, 6.45) is 3.91. The summed E-state index contributed by atoms with van der Waals surface area (Å²) in [5.41, 5.74) is 4.97. The normalized spacial score (nSPS) is 30.4. The van der Waals surface area contributed by atoms with Gasteiger partial charge in [-0.3, -0.25) is 0 Å². The predicted octanol–water partition coefficient (Wildman–Crippen LogP) is 2.79. The van der Waals surface area contributed by atoms with E-state index in [0.717, 1.165) is 11.6 Å².